The molecule has 1 atom stereocenters. The molecule has 1 aromatic carbocycles. The molecule has 30 heavy (non-hydrogen) atoms. The maximum atomic E-state index is 12.6. The van der Waals surface area contributed by atoms with E-state index in [9.17, 15) is 9.59 Å². The lowest BCUT2D eigenvalue weighted by Crippen LogP contribution is -2.37. The fourth-order valence-electron chi connectivity index (χ4n) is 2.81. The smallest absolute Gasteiger partial charge is 0.355 e. The van der Waals surface area contributed by atoms with Gasteiger partial charge in [0.1, 0.15) is 31.7 Å². The first-order valence-electron chi connectivity index (χ1n) is 9.75. The predicted molar refractivity (Wildman–Crippen MR) is 109 cm³/mol. The number of hydrogen-bond donors (Lipinski definition) is 1. The van der Waals surface area contributed by atoms with Crippen LogP contribution in [0.15, 0.2) is 53.1 Å². The van der Waals surface area contributed by atoms with Crippen LogP contribution >= 0.6 is 0 Å². The van der Waals surface area contributed by atoms with E-state index < -0.39 is 18.0 Å². The Kier molecular flexibility index (Phi) is 7.26. The Hall–Kier alpha value is -3.10. The average molecular weight is 414 g/mol. The summed E-state index contributed by atoms with van der Waals surface area (Å²) in [6.45, 7) is 4.17. The molecule has 0 amide bonds. The van der Waals surface area contributed by atoms with Gasteiger partial charge in [0, 0.05) is 12.1 Å². The van der Waals surface area contributed by atoms with E-state index in [-0.39, 0.29) is 32.5 Å². The highest BCUT2D eigenvalue weighted by Crippen LogP contribution is 2.22. The van der Waals surface area contributed by atoms with Crippen LogP contribution < -0.4 is 5.73 Å². The van der Waals surface area contributed by atoms with Crippen molar-refractivity contribution in [2.75, 3.05) is 13.2 Å². The van der Waals surface area contributed by atoms with Crippen molar-refractivity contribution in [2.24, 2.45) is 11.7 Å². The molecule has 0 aliphatic carbocycles. The number of benzene rings is 1. The van der Waals surface area contributed by atoms with Crippen molar-refractivity contribution in [1.29, 1.82) is 0 Å². The number of nitrogens with zero attached hydrogens (tertiary/aromatic N) is 1. The monoisotopic (exact) mass is 414 g/mol. The molecule has 0 aliphatic heterocycles. The average Bonchev–Trinajstić information content (AvgIpc) is 3.34. The largest absolute Gasteiger partial charge is 0.463 e. The molecule has 0 saturated carbocycles. The van der Waals surface area contributed by atoms with Gasteiger partial charge in [-0.1, -0.05) is 44.2 Å². The number of carbonyl (C=O) groups excluding carboxylic acids is 2. The van der Waals surface area contributed by atoms with Crippen molar-refractivity contribution in [3.05, 3.63) is 60.0 Å². The minimum absolute atomic E-state index is 0.00266. The van der Waals surface area contributed by atoms with Gasteiger partial charge in [-0.25, -0.2) is 4.79 Å². The first-order valence-corrected chi connectivity index (χ1v) is 9.75. The van der Waals surface area contributed by atoms with E-state index in [0.717, 1.165) is 5.56 Å². The van der Waals surface area contributed by atoms with E-state index in [1.165, 1.54) is 6.26 Å². The Morgan fingerprint density at radius 3 is 2.60 bits per heavy atom. The fourth-order valence-corrected chi connectivity index (χ4v) is 2.81. The zero-order chi connectivity index (χ0) is 21.5. The van der Waals surface area contributed by atoms with Gasteiger partial charge < -0.3 is 28.9 Å². The number of nitrogens with two attached hydrogens (primary N) is 1. The number of hydrogen-bond acceptors (Lipinski definition) is 7. The van der Waals surface area contributed by atoms with Gasteiger partial charge >= 0.3 is 11.9 Å². The van der Waals surface area contributed by atoms with Crippen molar-refractivity contribution in [3.63, 3.8) is 0 Å². The predicted octanol–water partition coefficient (Wildman–Crippen LogP) is 3.09. The molecule has 2 heterocycles. The van der Waals surface area contributed by atoms with Crippen LogP contribution in [0.2, 0.25) is 0 Å². The number of aromatic nitrogens is 1. The van der Waals surface area contributed by atoms with Gasteiger partial charge in [0.15, 0.2) is 5.58 Å². The van der Waals surface area contributed by atoms with Crippen LogP contribution in [0.3, 0.4) is 0 Å². The summed E-state index contributed by atoms with van der Waals surface area (Å²) in [5.74, 6) is -0.947. The molecule has 0 fully saturated rings. The van der Waals surface area contributed by atoms with Crippen LogP contribution in [0.5, 0.6) is 0 Å². The third-order valence-electron chi connectivity index (χ3n) is 4.63. The maximum absolute atomic E-state index is 12.6. The van der Waals surface area contributed by atoms with Gasteiger partial charge in [-0.05, 0) is 11.5 Å². The van der Waals surface area contributed by atoms with Crippen LogP contribution in [0, 0.1) is 5.92 Å². The molecule has 0 bridgehead atoms. The molecular weight excluding hydrogens is 388 g/mol. The van der Waals surface area contributed by atoms with Crippen molar-refractivity contribution in [3.8, 4) is 0 Å². The molecule has 1 unspecified atom stereocenters. The van der Waals surface area contributed by atoms with Gasteiger partial charge in [0.05, 0.1) is 18.4 Å². The highest BCUT2D eigenvalue weighted by molar-refractivity contribution is 5.94. The van der Waals surface area contributed by atoms with Gasteiger partial charge in [0.2, 0.25) is 0 Å². The van der Waals surface area contributed by atoms with Crippen molar-refractivity contribution >= 4 is 23.0 Å². The van der Waals surface area contributed by atoms with Crippen molar-refractivity contribution < 1.29 is 28.2 Å². The second-order valence-corrected chi connectivity index (χ2v) is 7.16. The Bertz CT molecular complexity index is 976. The minimum Gasteiger partial charge on any atom is -0.463 e. The maximum Gasteiger partial charge on any atom is 0.355 e. The van der Waals surface area contributed by atoms with E-state index in [2.05, 4.69) is 0 Å². The number of fused-ring (bicyclic) bond motifs is 1. The van der Waals surface area contributed by atoms with Crippen LogP contribution in [-0.4, -0.2) is 35.8 Å². The topological polar surface area (TPSA) is 106 Å². The van der Waals surface area contributed by atoms with Crippen molar-refractivity contribution in [2.45, 2.75) is 33.2 Å². The van der Waals surface area contributed by atoms with E-state index in [1.54, 1.807) is 16.7 Å². The highest BCUT2D eigenvalue weighted by atomic mass is 16.6. The number of esters is 2. The molecule has 0 aliphatic rings. The fraction of sp³-hybridized carbons (Fsp3) is 0.364. The van der Waals surface area contributed by atoms with Crippen LogP contribution in [-0.2, 0) is 32.3 Å². The van der Waals surface area contributed by atoms with Gasteiger partial charge in [-0.15, -0.1) is 0 Å². The zero-order valence-corrected chi connectivity index (χ0v) is 17.1. The number of furan rings is 1. The first-order chi connectivity index (χ1) is 14.5. The summed E-state index contributed by atoms with van der Waals surface area (Å²) in [6, 6.07) is 12.1. The normalized spacial score (nSPS) is 12.3. The van der Waals surface area contributed by atoms with Gasteiger partial charge in [-0.3, -0.25) is 4.79 Å². The van der Waals surface area contributed by atoms with E-state index in [1.807, 2.05) is 44.2 Å². The quantitative estimate of drug-likeness (QED) is 0.401. The molecule has 8 heteroatoms. The zero-order valence-electron chi connectivity index (χ0n) is 17.1. The standard InChI is InChI=1S/C22H26N2O6/c1-15(2)20(23)22(26)29-11-10-27-14-24-17-8-9-28-19(17)12-18(24)21(25)30-13-16-6-4-3-5-7-16/h3-9,12,15,20H,10-11,13-14,23H2,1-2H3. The molecule has 0 saturated heterocycles. The molecule has 8 nitrogen and oxygen atoms in total. The SMILES string of the molecule is CC(C)C(N)C(=O)OCCOCn1c(C(=O)OCc2ccccc2)cc2occc21. The number of ether oxygens (including phenoxy) is 3. The summed E-state index contributed by atoms with van der Waals surface area (Å²) >= 11 is 0. The molecular formula is C22H26N2O6. The molecule has 2 aromatic heterocycles. The lowest BCUT2D eigenvalue weighted by molar-refractivity contribution is -0.148. The van der Waals surface area contributed by atoms with Gasteiger partial charge in [0.25, 0.3) is 0 Å². The van der Waals surface area contributed by atoms with E-state index in [4.69, 9.17) is 24.4 Å². The second kappa shape index (κ2) is 10.1. The highest BCUT2D eigenvalue weighted by Gasteiger charge is 2.20. The van der Waals surface area contributed by atoms with Crippen LogP contribution in [0.25, 0.3) is 11.1 Å². The molecule has 160 valence electrons. The molecule has 0 spiro atoms. The van der Waals surface area contributed by atoms with Crippen molar-refractivity contribution in [1.82, 2.24) is 4.57 Å². The van der Waals surface area contributed by atoms with E-state index >= 15 is 0 Å². The summed E-state index contributed by atoms with van der Waals surface area (Å²) in [7, 11) is 0. The lowest BCUT2D eigenvalue weighted by Gasteiger charge is -2.15. The van der Waals surface area contributed by atoms with Crippen LogP contribution in [0.1, 0.15) is 29.9 Å². The number of rotatable bonds is 10. The number of carbonyl (C=O) groups is 2. The Morgan fingerprint density at radius 1 is 1.10 bits per heavy atom. The van der Waals surface area contributed by atoms with E-state index in [0.29, 0.717) is 16.8 Å². The van der Waals surface area contributed by atoms with Gasteiger partial charge in [-0.2, -0.15) is 0 Å². The minimum atomic E-state index is -0.661. The second-order valence-electron chi connectivity index (χ2n) is 7.16. The lowest BCUT2D eigenvalue weighted by atomic mass is 10.1. The third kappa shape index (κ3) is 5.28. The summed E-state index contributed by atoms with van der Waals surface area (Å²) in [5, 5.41) is 0. The summed E-state index contributed by atoms with van der Waals surface area (Å²) < 4.78 is 23.2. The molecule has 3 aromatic rings. The summed E-state index contributed by atoms with van der Waals surface area (Å²) in [5.41, 5.74) is 8.22. The summed E-state index contributed by atoms with van der Waals surface area (Å²) in [4.78, 5) is 24.4. The third-order valence-corrected chi connectivity index (χ3v) is 4.63. The Morgan fingerprint density at radius 2 is 1.87 bits per heavy atom. The molecule has 3 rings (SSSR count). The molecule has 0 radical (unpaired) electrons. The molecule has 2 N–H and O–H groups in total. The summed E-state index contributed by atoms with van der Waals surface area (Å²) in [6.07, 6.45) is 1.54. The first kappa shape index (κ1) is 21.6. The Labute approximate surface area is 174 Å². The van der Waals surface area contributed by atoms with Crippen LogP contribution in [0.4, 0.5) is 0 Å². The Balaban J connectivity index is 1.56.